The van der Waals surface area contributed by atoms with Gasteiger partial charge in [-0.3, -0.25) is 0 Å². The van der Waals surface area contributed by atoms with Crippen LogP contribution in [0, 0.1) is 0 Å². The van der Waals surface area contributed by atoms with Crippen molar-refractivity contribution >= 4 is 12.7 Å². The summed E-state index contributed by atoms with van der Waals surface area (Å²) < 4.78 is 1.73. The molecular formula is C6H11BN2O2. The zero-order chi connectivity index (χ0) is 8.27. The zero-order valence-corrected chi connectivity index (χ0v) is 6.44. The van der Waals surface area contributed by atoms with Crippen molar-refractivity contribution in [2.45, 2.75) is 19.9 Å². The van der Waals surface area contributed by atoms with E-state index in [2.05, 4.69) is 4.98 Å². The van der Waals surface area contributed by atoms with Gasteiger partial charge >= 0.3 is 7.12 Å². The maximum Gasteiger partial charge on any atom is 0.507 e. The highest BCUT2D eigenvalue weighted by Gasteiger charge is 2.15. The van der Waals surface area contributed by atoms with E-state index in [0.717, 1.165) is 13.0 Å². The largest absolute Gasteiger partial charge is 0.507 e. The number of hydrogen-bond acceptors (Lipinski definition) is 3. The monoisotopic (exact) mass is 154 g/mol. The molecule has 0 bridgehead atoms. The summed E-state index contributed by atoms with van der Waals surface area (Å²) in [6, 6.07) is 0. The molecule has 1 aromatic heterocycles. The Balaban J connectivity index is 2.78. The predicted molar refractivity (Wildman–Crippen MR) is 42.3 cm³/mol. The fourth-order valence-corrected chi connectivity index (χ4v) is 0.974. The predicted octanol–water partition coefficient (Wildman–Crippen LogP) is -1.03. The van der Waals surface area contributed by atoms with Gasteiger partial charge in [0.05, 0.1) is 11.9 Å². The molecule has 0 aromatic carbocycles. The molecule has 60 valence electrons. The molecule has 1 rings (SSSR count). The topological polar surface area (TPSA) is 58.3 Å². The van der Waals surface area contributed by atoms with E-state index in [1.54, 1.807) is 10.9 Å². The van der Waals surface area contributed by atoms with Crippen molar-refractivity contribution in [3.63, 3.8) is 0 Å². The van der Waals surface area contributed by atoms with Crippen molar-refractivity contribution in [3.05, 3.63) is 12.5 Å². The average molecular weight is 154 g/mol. The van der Waals surface area contributed by atoms with E-state index in [1.165, 1.54) is 6.20 Å². The highest BCUT2D eigenvalue weighted by Crippen LogP contribution is 1.87. The molecule has 0 aliphatic carbocycles. The van der Waals surface area contributed by atoms with Crippen molar-refractivity contribution in [1.29, 1.82) is 0 Å². The van der Waals surface area contributed by atoms with Gasteiger partial charge in [0.15, 0.2) is 0 Å². The highest BCUT2D eigenvalue weighted by atomic mass is 16.4. The molecule has 0 aliphatic heterocycles. The van der Waals surface area contributed by atoms with Gasteiger partial charge in [-0.05, 0) is 6.42 Å². The molecule has 0 spiro atoms. The molecular weight excluding hydrogens is 143 g/mol. The number of aryl methyl sites for hydroxylation is 1. The standard InChI is InChI=1S/C6H11BN2O2/c1-2-3-9-5-8-4-6(9)7(10)11/h4-5,10-11H,2-3H2,1H3. The van der Waals surface area contributed by atoms with Crippen molar-refractivity contribution in [2.75, 3.05) is 0 Å². The Morgan fingerprint density at radius 3 is 2.91 bits per heavy atom. The normalized spacial score (nSPS) is 10.1. The SMILES string of the molecule is CCCn1cncc1B(O)O. The zero-order valence-electron chi connectivity index (χ0n) is 6.44. The van der Waals surface area contributed by atoms with Crippen LogP contribution in [0.1, 0.15) is 13.3 Å². The van der Waals surface area contributed by atoms with Crippen LogP contribution in [0.3, 0.4) is 0 Å². The van der Waals surface area contributed by atoms with Gasteiger partial charge in [-0.15, -0.1) is 0 Å². The van der Waals surface area contributed by atoms with E-state index in [9.17, 15) is 0 Å². The third-order valence-corrected chi connectivity index (χ3v) is 1.47. The van der Waals surface area contributed by atoms with E-state index in [4.69, 9.17) is 10.0 Å². The Bertz CT molecular complexity index is 224. The summed E-state index contributed by atoms with van der Waals surface area (Å²) >= 11 is 0. The Kier molecular flexibility index (Phi) is 2.67. The fourth-order valence-electron chi connectivity index (χ4n) is 0.974. The molecule has 0 unspecified atom stereocenters. The smallest absolute Gasteiger partial charge is 0.422 e. The molecule has 1 aromatic rings. The second-order valence-electron chi connectivity index (χ2n) is 2.39. The first-order chi connectivity index (χ1) is 5.25. The van der Waals surface area contributed by atoms with Crippen molar-refractivity contribution < 1.29 is 10.0 Å². The van der Waals surface area contributed by atoms with Gasteiger partial charge in [-0.25, -0.2) is 4.98 Å². The van der Waals surface area contributed by atoms with Crippen LogP contribution in [0.2, 0.25) is 0 Å². The van der Waals surface area contributed by atoms with E-state index < -0.39 is 7.12 Å². The molecule has 0 saturated carbocycles. The first-order valence-corrected chi connectivity index (χ1v) is 3.62. The summed E-state index contributed by atoms with van der Waals surface area (Å²) in [6.07, 6.45) is 4.01. The first-order valence-electron chi connectivity index (χ1n) is 3.62. The van der Waals surface area contributed by atoms with E-state index in [1.807, 2.05) is 6.92 Å². The van der Waals surface area contributed by atoms with Gasteiger partial charge in [0.1, 0.15) is 0 Å². The minimum Gasteiger partial charge on any atom is -0.422 e. The lowest BCUT2D eigenvalue weighted by molar-refractivity contribution is 0.421. The summed E-state index contributed by atoms with van der Waals surface area (Å²) in [5.41, 5.74) is 0.451. The van der Waals surface area contributed by atoms with Crippen molar-refractivity contribution in [1.82, 2.24) is 9.55 Å². The molecule has 11 heavy (non-hydrogen) atoms. The van der Waals surface area contributed by atoms with E-state index in [0.29, 0.717) is 5.59 Å². The molecule has 0 atom stereocenters. The van der Waals surface area contributed by atoms with Crippen LogP contribution in [-0.4, -0.2) is 26.7 Å². The molecule has 4 nitrogen and oxygen atoms in total. The highest BCUT2D eigenvalue weighted by molar-refractivity contribution is 6.57. The van der Waals surface area contributed by atoms with Crippen LogP contribution in [0.15, 0.2) is 12.5 Å². The van der Waals surface area contributed by atoms with Crippen LogP contribution in [0.5, 0.6) is 0 Å². The summed E-state index contributed by atoms with van der Waals surface area (Å²) in [7, 11) is -1.41. The van der Waals surface area contributed by atoms with Crippen LogP contribution in [-0.2, 0) is 6.54 Å². The minimum atomic E-state index is -1.41. The van der Waals surface area contributed by atoms with Crippen molar-refractivity contribution in [3.8, 4) is 0 Å². The summed E-state index contributed by atoms with van der Waals surface area (Å²) in [4.78, 5) is 3.80. The first kappa shape index (κ1) is 8.29. The summed E-state index contributed by atoms with van der Waals surface area (Å²) in [5, 5.41) is 17.6. The number of aromatic nitrogens is 2. The van der Waals surface area contributed by atoms with Crippen LogP contribution < -0.4 is 5.59 Å². The average Bonchev–Trinajstić information content (AvgIpc) is 2.36. The fraction of sp³-hybridized carbons (Fsp3) is 0.500. The molecule has 0 amide bonds. The Morgan fingerprint density at radius 1 is 1.64 bits per heavy atom. The van der Waals surface area contributed by atoms with Crippen LogP contribution >= 0.6 is 0 Å². The molecule has 1 heterocycles. The lowest BCUT2D eigenvalue weighted by atomic mass is 9.87. The van der Waals surface area contributed by atoms with Crippen LogP contribution in [0.4, 0.5) is 0 Å². The molecule has 0 radical (unpaired) electrons. The molecule has 2 N–H and O–H groups in total. The Hall–Kier alpha value is -0.805. The second kappa shape index (κ2) is 3.55. The van der Waals surface area contributed by atoms with E-state index in [-0.39, 0.29) is 0 Å². The number of hydrogen-bond donors (Lipinski definition) is 2. The summed E-state index contributed by atoms with van der Waals surface area (Å²) in [6.45, 7) is 2.79. The maximum atomic E-state index is 8.81. The molecule has 0 aliphatic rings. The van der Waals surface area contributed by atoms with Gasteiger partial charge in [0.25, 0.3) is 0 Å². The second-order valence-corrected chi connectivity index (χ2v) is 2.39. The Labute approximate surface area is 65.6 Å². The van der Waals surface area contributed by atoms with Gasteiger partial charge in [0.2, 0.25) is 0 Å². The number of rotatable bonds is 3. The van der Waals surface area contributed by atoms with Gasteiger partial charge in [-0.1, -0.05) is 6.92 Å². The van der Waals surface area contributed by atoms with Gasteiger partial charge < -0.3 is 14.6 Å². The third-order valence-electron chi connectivity index (χ3n) is 1.47. The molecule has 5 heteroatoms. The quantitative estimate of drug-likeness (QED) is 0.547. The van der Waals surface area contributed by atoms with Crippen molar-refractivity contribution in [2.24, 2.45) is 0 Å². The van der Waals surface area contributed by atoms with Crippen LogP contribution in [0.25, 0.3) is 0 Å². The molecule has 0 saturated heterocycles. The lowest BCUT2D eigenvalue weighted by Gasteiger charge is -2.03. The minimum absolute atomic E-state index is 0.451. The van der Waals surface area contributed by atoms with E-state index >= 15 is 0 Å². The maximum absolute atomic E-state index is 8.81. The third kappa shape index (κ3) is 1.81. The number of nitrogens with zero attached hydrogens (tertiary/aromatic N) is 2. The number of imidazole rings is 1. The van der Waals surface area contributed by atoms with Gasteiger partial charge in [0, 0.05) is 12.7 Å². The lowest BCUT2D eigenvalue weighted by Crippen LogP contribution is -2.35. The van der Waals surface area contributed by atoms with Gasteiger partial charge in [-0.2, -0.15) is 0 Å². The Morgan fingerprint density at radius 2 is 2.36 bits per heavy atom. The molecule has 0 fully saturated rings. The summed E-state index contributed by atoms with van der Waals surface area (Å²) in [5.74, 6) is 0.